The second kappa shape index (κ2) is 20.1. The van der Waals surface area contributed by atoms with Gasteiger partial charge in [0.05, 0.1) is 39.0 Å². The summed E-state index contributed by atoms with van der Waals surface area (Å²) in [6, 6.07) is 11.0. The summed E-state index contributed by atoms with van der Waals surface area (Å²) in [5, 5.41) is 13.5. The molecule has 2 N–H and O–H groups in total. The molecule has 1 fully saturated rings. The molecule has 1 saturated heterocycles. The lowest BCUT2D eigenvalue weighted by molar-refractivity contribution is -0.383. The Morgan fingerprint density at radius 3 is 2.14 bits per heavy atom. The van der Waals surface area contributed by atoms with E-state index in [1.807, 2.05) is 24.3 Å². The zero-order valence-corrected chi connectivity index (χ0v) is 34.4. The Balaban J connectivity index is 0.000000227. The average molecular weight is 889 g/mol. The van der Waals surface area contributed by atoms with Crippen LogP contribution in [-0.4, -0.2) is 68.2 Å². The highest BCUT2D eigenvalue weighted by Crippen LogP contribution is 2.39. The molecular formula is C35H38Cl5F3N6O7. The van der Waals surface area contributed by atoms with Gasteiger partial charge in [-0.3, -0.25) is 24.6 Å². The van der Waals surface area contributed by atoms with Crippen LogP contribution in [0.1, 0.15) is 56.2 Å². The Bertz CT molecular complexity index is 1930. The molecule has 0 bridgehead atoms. The first-order valence-corrected chi connectivity index (χ1v) is 18.7. The molecule has 1 atom stereocenters. The number of amides is 2. The highest BCUT2D eigenvalue weighted by molar-refractivity contribution is 6.53. The van der Waals surface area contributed by atoms with E-state index in [0.29, 0.717) is 24.4 Å². The number of nitrogens with two attached hydrogens (primary N) is 1. The van der Waals surface area contributed by atoms with E-state index in [-0.39, 0.29) is 46.3 Å². The van der Waals surface area contributed by atoms with E-state index in [1.54, 1.807) is 38.2 Å². The molecule has 13 nitrogen and oxygen atoms in total. The van der Waals surface area contributed by atoms with Gasteiger partial charge >= 0.3 is 11.9 Å². The lowest BCUT2D eigenvalue weighted by atomic mass is 10.0. The number of furan rings is 1. The molecule has 4 aromatic rings. The number of hydrogen-bond donors (Lipinski definition) is 1. The minimum Gasteiger partial charge on any atom is -0.467 e. The summed E-state index contributed by atoms with van der Waals surface area (Å²) < 4.78 is 54.8. The summed E-state index contributed by atoms with van der Waals surface area (Å²) in [6.07, 6.45) is -0.747. The molecular weight excluding hydrogens is 851 g/mol. The summed E-state index contributed by atoms with van der Waals surface area (Å²) in [4.78, 5) is 35.7. The number of alkyl halides is 6. The lowest BCUT2D eigenvalue weighted by Gasteiger charge is -2.29. The van der Waals surface area contributed by atoms with E-state index in [0.717, 1.165) is 40.5 Å². The fourth-order valence-corrected chi connectivity index (χ4v) is 6.58. The van der Waals surface area contributed by atoms with Gasteiger partial charge in [-0.05, 0) is 62.1 Å². The normalized spacial score (nSPS) is 14.8. The van der Waals surface area contributed by atoms with Crippen molar-refractivity contribution in [1.82, 2.24) is 14.7 Å². The Morgan fingerprint density at radius 1 is 1.12 bits per heavy atom. The van der Waals surface area contributed by atoms with E-state index in [4.69, 9.17) is 77.6 Å². The second-order valence-electron chi connectivity index (χ2n) is 12.2. The van der Waals surface area contributed by atoms with Crippen LogP contribution in [0.15, 0.2) is 59.3 Å². The van der Waals surface area contributed by atoms with Gasteiger partial charge < -0.3 is 24.5 Å². The van der Waals surface area contributed by atoms with Gasteiger partial charge in [0, 0.05) is 7.11 Å². The number of nitro groups is 1. The maximum absolute atomic E-state index is 12.6. The Labute approximate surface area is 345 Å². The minimum absolute atomic E-state index is 0.0371. The summed E-state index contributed by atoms with van der Waals surface area (Å²) in [5.74, 6) is -0.232. The number of rotatable bonds is 10. The monoisotopic (exact) mass is 886 g/mol. The highest BCUT2D eigenvalue weighted by atomic mass is 35.5. The van der Waals surface area contributed by atoms with Crippen molar-refractivity contribution >= 4 is 87.0 Å². The number of aryl methyl sites for hydroxylation is 2. The quantitative estimate of drug-likeness (QED) is 0.0709. The first kappa shape index (κ1) is 46.6. The van der Waals surface area contributed by atoms with Crippen LogP contribution in [0.4, 0.5) is 30.4 Å². The second-order valence-corrected chi connectivity index (χ2v) is 14.4. The molecule has 2 aromatic heterocycles. The van der Waals surface area contributed by atoms with Crippen molar-refractivity contribution in [2.75, 3.05) is 36.9 Å². The van der Waals surface area contributed by atoms with Crippen LogP contribution in [0.25, 0.3) is 5.69 Å². The molecule has 2 aromatic carbocycles. The molecule has 3 heterocycles. The molecule has 0 radical (unpaired) electrons. The molecule has 0 saturated carbocycles. The summed E-state index contributed by atoms with van der Waals surface area (Å²) >= 11 is 28.4. The average Bonchev–Trinajstić information content (AvgIpc) is 3.88. The predicted molar refractivity (Wildman–Crippen MR) is 209 cm³/mol. The Kier molecular flexibility index (Phi) is 16.7. The van der Waals surface area contributed by atoms with Crippen LogP contribution in [0.5, 0.6) is 0 Å². The number of para-hydroxylation sites is 1. The Morgan fingerprint density at radius 2 is 1.71 bits per heavy atom. The van der Waals surface area contributed by atoms with Crippen molar-refractivity contribution in [2.24, 2.45) is 0 Å². The number of carbonyl (C=O) groups is 2. The summed E-state index contributed by atoms with van der Waals surface area (Å²) in [6.45, 7) is 8.36. The van der Waals surface area contributed by atoms with Crippen LogP contribution in [0, 0.1) is 10.1 Å². The number of benzene rings is 2. The molecule has 21 heteroatoms. The number of ether oxygens (including phenoxy) is 2. The number of anilines is 2. The number of halogens is 8. The zero-order chi connectivity index (χ0) is 42.1. The third kappa shape index (κ3) is 11.2. The van der Waals surface area contributed by atoms with Crippen LogP contribution in [0.3, 0.4) is 0 Å². The molecule has 1 unspecified atom stereocenters. The predicted octanol–water partition coefficient (Wildman–Crippen LogP) is 9.39. The van der Waals surface area contributed by atoms with E-state index in [1.165, 1.54) is 4.90 Å². The number of nitrogens with zero attached hydrogens (tertiary/aromatic N) is 5. The molecule has 306 valence electrons. The molecule has 56 heavy (non-hydrogen) atoms. The largest absolute Gasteiger partial charge is 0.467 e. The Hall–Kier alpha value is -3.77. The maximum atomic E-state index is 12.6. The van der Waals surface area contributed by atoms with Gasteiger partial charge in [0.25, 0.3) is 5.91 Å². The van der Waals surface area contributed by atoms with Crippen LogP contribution in [0.2, 0.25) is 10.0 Å². The van der Waals surface area contributed by atoms with E-state index in [2.05, 4.69) is 18.9 Å². The minimum atomic E-state index is -4.63. The van der Waals surface area contributed by atoms with E-state index < -0.39 is 38.7 Å². The van der Waals surface area contributed by atoms with Gasteiger partial charge in [-0.15, -0.1) is 11.6 Å². The van der Waals surface area contributed by atoms with Gasteiger partial charge in [-0.2, -0.15) is 18.3 Å². The molecule has 1 aliphatic rings. The molecule has 5 rings (SSSR count). The fourth-order valence-electron chi connectivity index (χ4n) is 5.55. The topological polar surface area (TPSA) is 159 Å². The fraction of sp³-hybridized carbons (Fsp3) is 0.400. The van der Waals surface area contributed by atoms with Gasteiger partial charge in [0.2, 0.25) is 11.7 Å². The standard InChI is InChI=1S/C14H20ClNO2.C11H13Cl2NO3.C10H5Cl2F3N4O2/c1-4-11-7-6-8-12(5-2)14(11)16(10-18-3)13(17)9-15;1-11(2)14(10(15)9(12)13)6-8(17-11)7-4-3-5-16-7;11-5-1-4(10(13,14)15)2-6(12)8(5)18-9(16)7(3-17-18)19(20)21/h6-8H,4-5,9-10H2,1-3H3;3-5,8-9H,6H2,1-2H3;1-3H,16H2. The number of nitrogen functional groups attached to an aromatic ring is 1. The lowest BCUT2D eigenvalue weighted by Crippen LogP contribution is -2.45. The van der Waals surface area contributed by atoms with Crippen molar-refractivity contribution in [2.45, 2.75) is 63.4 Å². The van der Waals surface area contributed by atoms with Crippen LogP contribution in [-0.2, 0) is 38.1 Å². The van der Waals surface area contributed by atoms with Crippen molar-refractivity contribution in [3.05, 3.63) is 97.5 Å². The first-order valence-electron chi connectivity index (χ1n) is 16.5. The highest BCUT2D eigenvalue weighted by Gasteiger charge is 2.45. The van der Waals surface area contributed by atoms with Gasteiger partial charge in [-0.25, -0.2) is 4.68 Å². The van der Waals surface area contributed by atoms with Crippen molar-refractivity contribution in [1.29, 1.82) is 0 Å². The number of hydrogen-bond acceptors (Lipinski definition) is 9. The van der Waals surface area contributed by atoms with Crippen molar-refractivity contribution < 1.29 is 41.6 Å². The van der Waals surface area contributed by atoms with Gasteiger partial charge in [-0.1, -0.05) is 78.5 Å². The van der Waals surface area contributed by atoms with Crippen LogP contribution >= 0.6 is 58.0 Å². The molecule has 2 amide bonds. The molecule has 0 aliphatic carbocycles. The maximum Gasteiger partial charge on any atom is 0.416 e. The molecule has 0 spiro atoms. The smallest absolute Gasteiger partial charge is 0.416 e. The molecule has 1 aliphatic heterocycles. The third-order valence-electron chi connectivity index (χ3n) is 8.19. The van der Waals surface area contributed by atoms with E-state index >= 15 is 0 Å². The third-order valence-corrected chi connectivity index (χ3v) is 9.37. The van der Waals surface area contributed by atoms with E-state index in [9.17, 15) is 32.9 Å². The van der Waals surface area contributed by atoms with Gasteiger partial charge in [0.1, 0.15) is 42.1 Å². The summed E-state index contributed by atoms with van der Waals surface area (Å²) in [7, 11) is 1.58. The number of methoxy groups -OCH3 is 1. The van der Waals surface area contributed by atoms with Gasteiger partial charge in [0.15, 0.2) is 4.84 Å². The van der Waals surface area contributed by atoms with Crippen molar-refractivity contribution in [3.8, 4) is 5.69 Å². The number of carbonyl (C=O) groups excluding carboxylic acids is 2. The van der Waals surface area contributed by atoms with Crippen LogP contribution < -0.4 is 10.6 Å². The number of aromatic nitrogens is 2. The zero-order valence-electron chi connectivity index (χ0n) is 30.6. The van der Waals surface area contributed by atoms with Crippen molar-refractivity contribution in [3.63, 3.8) is 0 Å². The summed E-state index contributed by atoms with van der Waals surface area (Å²) in [5.41, 5.74) is 6.28. The first-order chi connectivity index (χ1) is 26.2. The SMILES string of the molecule is CC1(C)OC(c2ccco2)CN1C(=O)C(Cl)Cl.CCc1cccc(CC)c1N(COC)C(=O)CCl.Nc1c([N+](=O)[O-])cnn1-c1c(Cl)cc(C(F)(F)F)cc1Cl.